The molecule has 5 nitrogen and oxygen atoms in total. The lowest BCUT2D eigenvalue weighted by Gasteiger charge is -2.19. The topological polar surface area (TPSA) is 76.0 Å². The SMILES string of the molecule is COC(C(=O)O)C(O)c1ccc(OCc2ccccc2)cc1Cl. The highest BCUT2D eigenvalue weighted by atomic mass is 35.5. The van der Waals surface area contributed by atoms with E-state index in [-0.39, 0.29) is 10.6 Å². The second-order valence-electron chi connectivity index (χ2n) is 4.90. The van der Waals surface area contributed by atoms with E-state index < -0.39 is 18.2 Å². The average Bonchev–Trinajstić information content (AvgIpc) is 2.54. The summed E-state index contributed by atoms with van der Waals surface area (Å²) >= 11 is 6.12. The summed E-state index contributed by atoms with van der Waals surface area (Å²) in [6.07, 6.45) is -2.75. The van der Waals surface area contributed by atoms with Gasteiger partial charge in [-0.2, -0.15) is 0 Å². The predicted octanol–water partition coefficient (Wildman–Crippen LogP) is 3.05. The third-order valence-electron chi connectivity index (χ3n) is 3.32. The summed E-state index contributed by atoms with van der Waals surface area (Å²) in [6, 6.07) is 14.3. The van der Waals surface area contributed by atoms with Crippen molar-refractivity contribution < 1.29 is 24.5 Å². The maximum absolute atomic E-state index is 11.0. The first-order valence-electron chi connectivity index (χ1n) is 6.92. The van der Waals surface area contributed by atoms with E-state index in [9.17, 15) is 9.90 Å². The zero-order valence-electron chi connectivity index (χ0n) is 12.5. The van der Waals surface area contributed by atoms with E-state index in [1.54, 1.807) is 6.07 Å². The zero-order chi connectivity index (χ0) is 16.8. The number of carbonyl (C=O) groups is 1. The van der Waals surface area contributed by atoms with Crippen LogP contribution >= 0.6 is 11.6 Å². The fraction of sp³-hybridized carbons (Fsp3) is 0.235. The summed E-state index contributed by atoms with van der Waals surface area (Å²) < 4.78 is 10.4. The van der Waals surface area contributed by atoms with Crippen molar-refractivity contribution in [3.05, 3.63) is 64.7 Å². The van der Waals surface area contributed by atoms with Crippen LogP contribution in [0.25, 0.3) is 0 Å². The summed E-state index contributed by atoms with van der Waals surface area (Å²) in [4.78, 5) is 11.0. The molecule has 0 radical (unpaired) electrons. The van der Waals surface area contributed by atoms with Crippen molar-refractivity contribution in [3.8, 4) is 5.75 Å². The molecule has 0 aliphatic carbocycles. The first-order valence-corrected chi connectivity index (χ1v) is 7.30. The van der Waals surface area contributed by atoms with E-state index in [1.807, 2.05) is 30.3 Å². The molecular formula is C17H17ClO5. The normalized spacial score (nSPS) is 13.3. The van der Waals surface area contributed by atoms with Crippen molar-refractivity contribution in [1.82, 2.24) is 0 Å². The van der Waals surface area contributed by atoms with Gasteiger partial charge in [0.05, 0.1) is 5.02 Å². The molecular weight excluding hydrogens is 320 g/mol. The summed E-state index contributed by atoms with van der Waals surface area (Å²) in [5.41, 5.74) is 1.28. The molecule has 2 aromatic rings. The number of aliphatic hydroxyl groups is 1. The van der Waals surface area contributed by atoms with Gasteiger partial charge >= 0.3 is 5.97 Å². The lowest BCUT2D eigenvalue weighted by molar-refractivity contribution is -0.155. The lowest BCUT2D eigenvalue weighted by Crippen LogP contribution is -2.30. The fourth-order valence-electron chi connectivity index (χ4n) is 2.11. The molecule has 2 atom stereocenters. The largest absolute Gasteiger partial charge is 0.489 e. The molecule has 0 aromatic heterocycles. The van der Waals surface area contributed by atoms with E-state index in [0.717, 1.165) is 5.56 Å². The van der Waals surface area contributed by atoms with Gasteiger partial charge in [0.1, 0.15) is 18.5 Å². The molecule has 0 aliphatic heterocycles. The second kappa shape index (κ2) is 7.97. The molecule has 6 heteroatoms. The van der Waals surface area contributed by atoms with Crippen LogP contribution in [-0.2, 0) is 16.1 Å². The molecule has 0 heterocycles. The quantitative estimate of drug-likeness (QED) is 0.812. The van der Waals surface area contributed by atoms with Gasteiger partial charge in [0.25, 0.3) is 0 Å². The minimum atomic E-state index is -1.39. The molecule has 2 rings (SSSR count). The lowest BCUT2D eigenvalue weighted by atomic mass is 10.0. The summed E-state index contributed by atoms with van der Waals surface area (Å²) in [6.45, 7) is 0.384. The van der Waals surface area contributed by atoms with Crippen molar-refractivity contribution in [3.63, 3.8) is 0 Å². The summed E-state index contributed by atoms with van der Waals surface area (Å²) in [5.74, 6) is -0.737. The Morgan fingerprint density at radius 2 is 1.91 bits per heavy atom. The number of carboxylic acids is 1. The number of hydrogen-bond acceptors (Lipinski definition) is 4. The van der Waals surface area contributed by atoms with Crippen LogP contribution in [0, 0.1) is 0 Å². The Bertz CT molecular complexity index is 659. The number of hydrogen-bond donors (Lipinski definition) is 2. The number of ether oxygens (including phenoxy) is 2. The van der Waals surface area contributed by atoms with Gasteiger partial charge in [-0.15, -0.1) is 0 Å². The van der Waals surface area contributed by atoms with Crippen LogP contribution in [0.15, 0.2) is 48.5 Å². The standard InChI is InChI=1S/C17H17ClO5/c1-22-16(17(20)21)15(19)13-8-7-12(9-14(13)18)23-10-11-5-3-2-4-6-11/h2-9,15-16,19H,10H2,1H3,(H,20,21). The molecule has 0 saturated heterocycles. The van der Waals surface area contributed by atoms with Gasteiger partial charge in [-0.3, -0.25) is 0 Å². The first-order chi connectivity index (χ1) is 11.0. The Kier molecular flexibility index (Phi) is 5.98. The minimum Gasteiger partial charge on any atom is -0.489 e. The molecule has 0 fully saturated rings. The van der Waals surface area contributed by atoms with Gasteiger partial charge in [0, 0.05) is 12.7 Å². The van der Waals surface area contributed by atoms with E-state index in [2.05, 4.69) is 0 Å². The first kappa shape index (κ1) is 17.3. The van der Waals surface area contributed by atoms with E-state index >= 15 is 0 Å². The van der Waals surface area contributed by atoms with Gasteiger partial charge in [-0.1, -0.05) is 48.0 Å². The van der Waals surface area contributed by atoms with Crippen LogP contribution in [0.3, 0.4) is 0 Å². The number of benzene rings is 2. The van der Waals surface area contributed by atoms with Crippen LogP contribution in [0.1, 0.15) is 17.2 Å². The van der Waals surface area contributed by atoms with Crippen molar-refractivity contribution in [1.29, 1.82) is 0 Å². The minimum absolute atomic E-state index is 0.214. The van der Waals surface area contributed by atoms with Gasteiger partial charge in [-0.05, 0) is 17.7 Å². The number of carboxylic acid groups (broad SMARTS) is 1. The second-order valence-corrected chi connectivity index (χ2v) is 5.30. The smallest absolute Gasteiger partial charge is 0.335 e. The predicted molar refractivity (Wildman–Crippen MR) is 85.6 cm³/mol. The van der Waals surface area contributed by atoms with Crippen LogP contribution in [0.2, 0.25) is 5.02 Å². The Balaban J connectivity index is 2.09. The number of halogens is 1. The molecule has 0 bridgehead atoms. The van der Waals surface area contributed by atoms with Crippen molar-refractivity contribution >= 4 is 17.6 Å². The fourth-order valence-corrected chi connectivity index (χ4v) is 2.39. The highest BCUT2D eigenvalue weighted by Gasteiger charge is 2.29. The molecule has 2 unspecified atom stereocenters. The maximum Gasteiger partial charge on any atom is 0.335 e. The maximum atomic E-state index is 11.0. The molecule has 2 N–H and O–H groups in total. The Hall–Kier alpha value is -2.08. The molecule has 23 heavy (non-hydrogen) atoms. The summed E-state index contributed by atoms with van der Waals surface area (Å²) in [5, 5.41) is 19.3. The number of aliphatic carboxylic acids is 1. The highest BCUT2D eigenvalue weighted by molar-refractivity contribution is 6.31. The number of rotatable bonds is 7. The van der Waals surface area contributed by atoms with Crippen molar-refractivity contribution in [2.75, 3.05) is 7.11 Å². The molecule has 2 aromatic carbocycles. The van der Waals surface area contributed by atoms with Crippen LogP contribution in [-0.4, -0.2) is 29.4 Å². The van der Waals surface area contributed by atoms with Gasteiger partial charge in [-0.25, -0.2) is 4.79 Å². The number of aliphatic hydroxyl groups excluding tert-OH is 1. The molecule has 122 valence electrons. The van der Waals surface area contributed by atoms with Crippen LogP contribution in [0.4, 0.5) is 0 Å². The summed E-state index contributed by atoms with van der Waals surface area (Å²) in [7, 11) is 1.22. The van der Waals surface area contributed by atoms with Gasteiger partial charge < -0.3 is 19.7 Å². The Morgan fingerprint density at radius 3 is 2.48 bits per heavy atom. The van der Waals surface area contributed by atoms with E-state index in [0.29, 0.717) is 12.4 Å². The third kappa shape index (κ3) is 4.45. The van der Waals surface area contributed by atoms with Crippen LogP contribution < -0.4 is 4.74 Å². The highest BCUT2D eigenvalue weighted by Crippen LogP contribution is 2.30. The van der Waals surface area contributed by atoms with E-state index in [1.165, 1.54) is 19.2 Å². The van der Waals surface area contributed by atoms with Crippen LogP contribution in [0.5, 0.6) is 5.75 Å². The third-order valence-corrected chi connectivity index (χ3v) is 3.65. The Morgan fingerprint density at radius 1 is 1.22 bits per heavy atom. The molecule has 0 amide bonds. The number of methoxy groups -OCH3 is 1. The van der Waals surface area contributed by atoms with Gasteiger partial charge in [0.15, 0.2) is 6.10 Å². The van der Waals surface area contributed by atoms with Crippen molar-refractivity contribution in [2.24, 2.45) is 0 Å². The Labute approximate surface area is 139 Å². The monoisotopic (exact) mass is 336 g/mol. The zero-order valence-corrected chi connectivity index (χ0v) is 13.2. The average molecular weight is 337 g/mol. The molecule has 0 aliphatic rings. The molecule has 0 saturated carbocycles. The van der Waals surface area contributed by atoms with E-state index in [4.69, 9.17) is 26.2 Å². The van der Waals surface area contributed by atoms with Crippen molar-refractivity contribution in [2.45, 2.75) is 18.8 Å². The molecule has 0 spiro atoms. The van der Waals surface area contributed by atoms with Gasteiger partial charge in [0.2, 0.25) is 0 Å².